The molecule has 0 N–H and O–H groups in total. The predicted molar refractivity (Wildman–Crippen MR) is 66.9 cm³/mol. The zero-order chi connectivity index (χ0) is 10.2. The SMILES string of the molecule is C=CC(CCc1ccccc1)SCC. The van der Waals surface area contributed by atoms with Crippen LogP contribution in [0.5, 0.6) is 0 Å². The third kappa shape index (κ3) is 4.01. The monoisotopic (exact) mass is 206 g/mol. The Morgan fingerprint density at radius 2 is 2.07 bits per heavy atom. The zero-order valence-electron chi connectivity index (χ0n) is 8.78. The van der Waals surface area contributed by atoms with E-state index in [-0.39, 0.29) is 0 Å². The average molecular weight is 206 g/mol. The topological polar surface area (TPSA) is 0 Å². The first kappa shape index (κ1) is 11.4. The molecule has 0 aliphatic heterocycles. The summed E-state index contributed by atoms with van der Waals surface area (Å²) in [6, 6.07) is 10.7. The zero-order valence-corrected chi connectivity index (χ0v) is 9.59. The van der Waals surface area contributed by atoms with Crippen LogP contribution in [0.4, 0.5) is 0 Å². The van der Waals surface area contributed by atoms with Gasteiger partial charge in [0.2, 0.25) is 0 Å². The summed E-state index contributed by atoms with van der Waals surface area (Å²) in [5.41, 5.74) is 1.43. The average Bonchev–Trinajstić information content (AvgIpc) is 2.25. The number of thioether (sulfide) groups is 1. The molecule has 1 aromatic rings. The maximum atomic E-state index is 3.87. The van der Waals surface area contributed by atoms with Crippen molar-refractivity contribution >= 4 is 11.8 Å². The van der Waals surface area contributed by atoms with Gasteiger partial charge in [0.15, 0.2) is 0 Å². The molecule has 1 aromatic carbocycles. The van der Waals surface area contributed by atoms with Crippen LogP contribution >= 0.6 is 11.8 Å². The molecule has 1 unspecified atom stereocenters. The highest BCUT2D eigenvalue weighted by molar-refractivity contribution is 8.00. The molecule has 0 amide bonds. The van der Waals surface area contributed by atoms with Crippen LogP contribution < -0.4 is 0 Å². The van der Waals surface area contributed by atoms with Crippen LogP contribution in [0.1, 0.15) is 18.9 Å². The molecule has 0 bridgehead atoms. The number of rotatable bonds is 6. The van der Waals surface area contributed by atoms with Crippen LogP contribution in [0.3, 0.4) is 0 Å². The van der Waals surface area contributed by atoms with Gasteiger partial charge in [0.1, 0.15) is 0 Å². The molecule has 1 rings (SSSR count). The fourth-order valence-corrected chi connectivity index (χ4v) is 2.29. The fraction of sp³-hybridized carbons (Fsp3) is 0.385. The largest absolute Gasteiger partial charge is 0.155 e. The summed E-state index contributed by atoms with van der Waals surface area (Å²) in [7, 11) is 0. The minimum Gasteiger partial charge on any atom is -0.155 e. The van der Waals surface area contributed by atoms with Gasteiger partial charge in [-0.2, -0.15) is 11.8 Å². The van der Waals surface area contributed by atoms with Crippen LogP contribution in [-0.4, -0.2) is 11.0 Å². The Hall–Kier alpha value is -0.690. The van der Waals surface area contributed by atoms with E-state index in [0.29, 0.717) is 5.25 Å². The first-order valence-corrected chi connectivity index (χ1v) is 6.19. The molecule has 0 radical (unpaired) electrons. The van der Waals surface area contributed by atoms with Crippen molar-refractivity contribution in [3.05, 3.63) is 48.6 Å². The quantitative estimate of drug-likeness (QED) is 0.636. The molecule has 14 heavy (non-hydrogen) atoms. The fourth-order valence-electron chi connectivity index (χ4n) is 1.44. The van der Waals surface area contributed by atoms with E-state index in [1.165, 1.54) is 17.7 Å². The van der Waals surface area contributed by atoms with E-state index in [4.69, 9.17) is 0 Å². The first-order chi connectivity index (χ1) is 6.86. The molecular formula is C13H18S. The third-order valence-corrected chi connectivity index (χ3v) is 3.39. The van der Waals surface area contributed by atoms with E-state index in [2.05, 4.69) is 49.9 Å². The highest BCUT2D eigenvalue weighted by Crippen LogP contribution is 2.17. The van der Waals surface area contributed by atoms with Crippen molar-refractivity contribution in [1.29, 1.82) is 0 Å². The van der Waals surface area contributed by atoms with Crippen molar-refractivity contribution in [2.45, 2.75) is 25.0 Å². The van der Waals surface area contributed by atoms with Gasteiger partial charge in [-0.25, -0.2) is 0 Å². The van der Waals surface area contributed by atoms with Gasteiger partial charge in [-0.15, -0.1) is 6.58 Å². The van der Waals surface area contributed by atoms with Crippen LogP contribution in [0.15, 0.2) is 43.0 Å². The van der Waals surface area contributed by atoms with Crippen molar-refractivity contribution in [2.24, 2.45) is 0 Å². The lowest BCUT2D eigenvalue weighted by molar-refractivity contribution is 0.858. The summed E-state index contributed by atoms with van der Waals surface area (Å²) in [4.78, 5) is 0. The maximum absolute atomic E-state index is 3.87. The lowest BCUT2D eigenvalue weighted by atomic mass is 10.1. The first-order valence-electron chi connectivity index (χ1n) is 5.15. The molecule has 0 aliphatic rings. The van der Waals surface area contributed by atoms with E-state index in [0.717, 1.165) is 6.42 Å². The minimum atomic E-state index is 0.611. The molecule has 0 nitrogen and oxygen atoms in total. The van der Waals surface area contributed by atoms with Crippen LogP contribution in [0.25, 0.3) is 0 Å². The third-order valence-electron chi connectivity index (χ3n) is 2.20. The summed E-state index contributed by atoms with van der Waals surface area (Å²) in [5.74, 6) is 1.17. The molecule has 76 valence electrons. The van der Waals surface area contributed by atoms with Crippen LogP contribution in [0, 0.1) is 0 Å². The molecule has 1 heteroatoms. The second kappa shape index (κ2) is 6.72. The van der Waals surface area contributed by atoms with Gasteiger partial charge < -0.3 is 0 Å². The van der Waals surface area contributed by atoms with Gasteiger partial charge in [0.05, 0.1) is 0 Å². The predicted octanol–water partition coefficient (Wildman–Crippen LogP) is 3.93. The van der Waals surface area contributed by atoms with Crippen molar-refractivity contribution in [2.75, 3.05) is 5.75 Å². The highest BCUT2D eigenvalue weighted by atomic mass is 32.2. The van der Waals surface area contributed by atoms with E-state index in [1.54, 1.807) is 0 Å². The molecule has 1 atom stereocenters. The van der Waals surface area contributed by atoms with E-state index >= 15 is 0 Å². The second-order valence-corrected chi connectivity index (χ2v) is 4.77. The van der Waals surface area contributed by atoms with E-state index in [1.807, 2.05) is 11.8 Å². The van der Waals surface area contributed by atoms with Crippen molar-refractivity contribution in [3.63, 3.8) is 0 Å². The summed E-state index contributed by atoms with van der Waals surface area (Å²) >= 11 is 1.98. The number of hydrogen-bond donors (Lipinski definition) is 0. The summed E-state index contributed by atoms with van der Waals surface area (Å²) < 4.78 is 0. The Morgan fingerprint density at radius 1 is 1.36 bits per heavy atom. The number of hydrogen-bond acceptors (Lipinski definition) is 1. The second-order valence-electron chi connectivity index (χ2n) is 3.25. The van der Waals surface area contributed by atoms with Gasteiger partial charge in [0.25, 0.3) is 0 Å². The molecule has 0 aromatic heterocycles. The van der Waals surface area contributed by atoms with Gasteiger partial charge in [-0.1, -0.05) is 43.3 Å². The van der Waals surface area contributed by atoms with Gasteiger partial charge in [-0.05, 0) is 24.2 Å². The highest BCUT2D eigenvalue weighted by Gasteiger charge is 2.03. The van der Waals surface area contributed by atoms with Crippen molar-refractivity contribution in [3.8, 4) is 0 Å². The van der Waals surface area contributed by atoms with Crippen molar-refractivity contribution < 1.29 is 0 Å². The lowest BCUT2D eigenvalue weighted by Crippen LogP contribution is -2.00. The van der Waals surface area contributed by atoms with Crippen molar-refractivity contribution in [1.82, 2.24) is 0 Å². The molecule has 0 spiro atoms. The Kier molecular flexibility index (Phi) is 5.46. The van der Waals surface area contributed by atoms with E-state index in [9.17, 15) is 0 Å². The molecular weight excluding hydrogens is 188 g/mol. The maximum Gasteiger partial charge on any atom is 0.0227 e. The summed E-state index contributed by atoms with van der Waals surface area (Å²) in [6.07, 6.45) is 4.42. The molecule has 0 saturated carbocycles. The molecule has 0 saturated heterocycles. The summed E-state index contributed by atoms with van der Waals surface area (Å²) in [6.45, 7) is 6.07. The number of aryl methyl sites for hydroxylation is 1. The van der Waals surface area contributed by atoms with E-state index < -0.39 is 0 Å². The Labute approximate surface area is 91.4 Å². The molecule has 0 heterocycles. The normalized spacial score (nSPS) is 12.4. The Bertz CT molecular complexity index is 253. The minimum absolute atomic E-state index is 0.611. The van der Waals surface area contributed by atoms with Gasteiger partial charge in [0, 0.05) is 5.25 Å². The lowest BCUT2D eigenvalue weighted by Gasteiger charge is -2.10. The molecule has 0 aliphatic carbocycles. The Morgan fingerprint density at radius 3 is 2.64 bits per heavy atom. The standard InChI is InChI=1S/C13H18S/c1-3-13(14-4-2)11-10-12-8-6-5-7-9-12/h3,5-9,13H,1,4,10-11H2,2H3. The Balaban J connectivity index is 2.35. The number of benzene rings is 1. The summed E-state index contributed by atoms with van der Waals surface area (Å²) in [5, 5.41) is 0.611. The van der Waals surface area contributed by atoms with Gasteiger partial charge in [-0.3, -0.25) is 0 Å². The van der Waals surface area contributed by atoms with Crippen LogP contribution in [-0.2, 0) is 6.42 Å². The van der Waals surface area contributed by atoms with Gasteiger partial charge >= 0.3 is 0 Å². The van der Waals surface area contributed by atoms with Crippen LogP contribution in [0.2, 0.25) is 0 Å². The smallest absolute Gasteiger partial charge is 0.0227 e. The molecule has 0 fully saturated rings.